The lowest BCUT2D eigenvalue weighted by atomic mass is 10.0. The molecule has 0 bridgehead atoms. The number of hydrogen-bond donors (Lipinski definition) is 2. The van der Waals surface area contributed by atoms with Crippen molar-refractivity contribution in [1.82, 2.24) is 10.2 Å². The van der Waals surface area contributed by atoms with Crippen molar-refractivity contribution in [3.63, 3.8) is 0 Å². The van der Waals surface area contributed by atoms with Crippen LogP contribution >= 0.6 is 0 Å². The summed E-state index contributed by atoms with van der Waals surface area (Å²) in [5.74, 6) is -0.000304. The van der Waals surface area contributed by atoms with E-state index in [2.05, 4.69) is 5.32 Å². The van der Waals surface area contributed by atoms with Gasteiger partial charge in [-0.3, -0.25) is 9.69 Å². The Hall–Kier alpha value is -1.39. The summed E-state index contributed by atoms with van der Waals surface area (Å²) in [5, 5.41) is 13.3. The molecule has 4 heteroatoms. The van der Waals surface area contributed by atoms with Crippen molar-refractivity contribution in [2.24, 2.45) is 0 Å². The Morgan fingerprint density at radius 3 is 2.52 bits per heavy atom. The molecule has 0 heterocycles. The molecule has 1 aromatic rings. The number of aryl methyl sites for hydroxylation is 1. The average molecular weight is 290 g/mol. The zero-order valence-electron chi connectivity index (χ0n) is 13.1. The number of hydrogen-bond acceptors (Lipinski definition) is 3. The highest BCUT2D eigenvalue weighted by atomic mass is 16.3. The van der Waals surface area contributed by atoms with Crippen molar-refractivity contribution in [3.05, 3.63) is 35.4 Å². The van der Waals surface area contributed by atoms with Crippen molar-refractivity contribution in [1.29, 1.82) is 0 Å². The number of amides is 1. The highest BCUT2D eigenvalue weighted by Crippen LogP contribution is 2.29. The maximum absolute atomic E-state index is 11.9. The summed E-state index contributed by atoms with van der Waals surface area (Å²) in [7, 11) is 1.89. The Morgan fingerprint density at radius 1 is 1.29 bits per heavy atom. The van der Waals surface area contributed by atoms with Gasteiger partial charge in [-0.15, -0.1) is 0 Å². The molecule has 0 unspecified atom stereocenters. The van der Waals surface area contributed by atoms with Crippen LogP contribution in [-0.2, 0) is 11.3 Å². The highest BCUT2D eigenvalue weighted by molar-refractivity contribution is 5.77. The summed E-state index contributed by atoms with van der Waals surface area (Å²) >= 11 is 0. The molecule has 1 saturated carbocycles. The number of likely N-dealkylation sites (N-methyl/N-ethyl adjacent to an activating group) is 1. The van der Waals surface area contributed by atoms with Gasteiger partial charge in [-0.2, -0.15) is 0 Å². The van der Waals surface area contributed by atoms with E-state index in [1.165, 1.54) is 5.56 Å². The molecule has 0 saturated heterocycles. The summed E-state index contributed by atoms with van der Waals surface area (Å²) in [6, 6.07) is 8.15. The second-order valence-electron chi connectivity index (χ2n) is 6.37. The van der Waals surface area contributed by atoms with Gasteiger partial charge in [-0.1, -0.05) is 42.7 Å². The van der Waals surface area contributed by atoms with Gasteiger partial charge < -0.3 is 10.4 Å². The molecule has 1 aliphatic carbocycles. The number of nitrogens with zero attached hydrogens (tertiary/aromatic N) is 1. The third kappa shape index (κ3) is 5.14. The first-order valence-electron chi connectivity index (χ1n) is 7.70. The number of aliphatic hydroxyl groups is 1. The topological polar surface area (TPSA) is 52.6 Å². The third-order valence-electron chi connectivity index (χ3n) is 4.12. The van der Waals surface area contributed by atoms with Crippen molar-refractivity contribution in [3.8, 4) is 0 Å². The van der Waals surface area contributed by atoms with Crippen molar-refractivity contribution < 1.29 is 9.90 Å². The largest absolute Gasteiger partial charge is 0.389 e. The minimum atomic E-state index is -0.591. The first-order valence-corrected chi connectivity index (χ1v) is 7.70. The van der Waals surface area contributed by atoms with Crippen molar-refractivity contribution in [2.75, 3.05) is 20.1 Å². The van der Waals surface area contributed by atoms with Gasteiger partial charge in [-0.05, 0) is 32.4 Å². The van der Waals surface area contributed by atoms with E-state index in [9.17, 15) is 9.90 Å². The molecule has 0 atom stereocenters. The van der Waals surface area contributed by atoms with Gasteiger partial charge in [0.05, 0.1) is 12.1 Å². The predicted molar refractivity (Wildman–Crippen MR) is 83.9 cm³/mol. The number of nitrogens with one attached hydrogen (secondary N) is 1. The summed E-state index contributed by atoms with van der Waals surface area (Å²) in [4.78, 5) is 13.8. The Bertz CT molecular complexity index is 464. The Kier molecular flexibility index (Phi) is 5.37. The van der Waals surface area contributed by atoms with Crippen LogP contribution in [-0.4, -0.2) is 41.7 Å². The molecule has 1 aliphatic rings. The molecule has 0 aromatic heterocycles. The van der Waals surface area contributed by atoms with E-state index in [1.54, 1.807) is 0 Å². The number of rotatable bonds is 6. The molecule has 2 rings (SSSR count). The molecular formula is C17H26N2O2. The average Bonchev–Trinajstić information content (AvgIpc) is 2.84. The molecule has 0 spiro atoms. The molecule has 2 N–H and O–H groups in total. The van der Waals surface area contributed by atoms with Gasteiger partial charge in [0.25, 0.3) is 0 Å². The van der Waals surface area contributed by atoms with Gasteiger partial charge in [0.2, 0.25) is 5.91 Å². The van der Waals surface area contributed by atoms with Gasteiger partial charge in [0, 0.05) is 13.1 Å². The number of benzene rings is 1. The number of carbonyl (C=O) groups excluding carboxylic acids is 1. The van der Waals surface area contributed by atoms with E-state index < -0.39 is 5.60 Å². The molecule has 4 nitrogen and oxygen atoms in total. The Morgan fingerprint density at radius 2 is 1.90 bits per heavy atom. The van der Waals surface area contributed by atoms with E-state index >= 15 is 0 Å². The van der Waals surface area contributed by atoms with E-state index in [1.807, 2.05) is 43.1 Å². The smallest absolute Gasteiger partial charge is 0.234 e. The van der Waals surface area contributed by atoms with E-state index in [-0.39, 0.29) is 5.91 Å². The van der Waals surface area contributed by atoms with Gasteiger partial charge in [0.1, 0.15) is 0 Å². The van der Waals surface area contributed by atoms with E-state index in [0.29, 0.717) is 19.6 Å². The molecule has 1 amide bonds. The summed E-state index contributed by atoms with van der Waals surface area (Å²) in [6.07, 6.45) is 3.87. The molecule has 1 fully saturated rings. The van der Waals surface area contributed by atoms with Gasteiger partial charge in [0.15, 0.2) is 0 Å². The molecule has 116 valence electrons. The van der Waals surface area contributed by atoms with Gasteiger partial charge in [-0.25, -0.2) is 0 Å². The quantitative estimate of drug-likeness (QED) is 0.840. The monoisotopic (exact) mass is 290 g/mol. The first-order chi connectivity index (χ1) is 9.97. The minimum Gasteiger partial charge on any atom is -0.389 e. The molecule has 0 aliphatic heterocycles. The molecule has 21 heavy (non-hydrogen) atoms. The standard InChI is InChI=1S/C17H26N2O2/c1-14-5-7-15(8-6-14)11-18-16(20)12-19(2)13-17(21)9-3-4-10-17/h5-8,21H,3-4,9-13H2,1-2H3,(H,18,20). The maximum Gasteiger partial charge on any atom is 0.234 e. The normalized spacial score (nSPS) is 17.1. The van der Waals surface area contributed by atoms with Crippen LogP contribution in [0.1, 0.15) is 36.8 Å². The minimum absolute atomic E-state index is 0.000304. The second-order valence-corrected chi connectivity index (χ2v) is 6.37. The highest BCUT2D eigenvalue weighted by Gasteiger charge is 2.32. The summed E-state index contributed by atoms with van der Waals surface area (Å²) in [6.45, 7) is 3.50. The maximum atomic E-state index is 11.9. The molecule has 0 radical (unpaired) electrons. The van der Waals surface area contributed by atoms with Crippen LogP contribution in [0.3, 0.4) is 0 Å². The van der Waals surface area contributed by atoms with Crippen LogP contribution in [0, 0.1) is 6.92 Å². The zero-order valence-corrected chi connectivity index (χ0v) is 13.1. The Labute approximate surface area is 127 Å². The van der Waals surface area contributed by atoms with Crippen LogP contribution in [0.25, 0.3) is 0 Å². The predicted octanol–water partition coefficient (Wildman–Crippen LogP) is 1.85. The lowest BCUT2D eigenvalue weighted by molar-refractivity contribution is -0.122. The van der Waals surface area contributed by atoms with Crippen LogP contribution in [0.15, 0.2) is 24.3 Å². The van der Waals surface area contributed by atoms with Crippen LogP contribution in [0.2, 0.25) is 0 Å². The fourth-order valence-electron chi connectivity index (χ4n) is 2.96. The summed E-state index contributed by atoms with van der Waals surface area (Å²) < 4.78 is 0. The fraction of sp³-hybridized carbons (Fsp3) is 0.588. The first kappa shape index (κ1) is 16.0. The van der Waals surface area contributed by atoms with Gasteiger partial charge >= 0.3 is 0 Å². The molecular weight excluding hydrogens is 264 g/mol. The zero-order chi connectivity index (χ0) is 15.3. The lowest BCUT2D eigenvalue weighted by Crippen LogP contribution is -2.43. The van der Waals surface area contributed by atoms with Crippen molar-refractivity contribution in [2.45, 2.75) is 44.8 Å². The van der Waals surface area contributed by atoms with Crippen LogP contribution in [0.5, 0.6) is 0 Å². The molecule has 1 aromatic carbocycles. The van der Waals surface area contributed by atoms with Crippen LogP contribution < -0.4 is 5.32 Å². The third-order valence-corrected chi connectivity index (χ3v) is 4.12. The van der Waals surface area contributed by atoms with Crippen molar-refractivity contribution >= 4 is 5.91 Å². The van der Waals surface area contributed by atoms with E-state index in [0.717, 1.165) is 31.2 Å². The Balaban J connectivity index is 1.72. The summed E-state index contributed by atoms with van der Waals surface area (Å²) in [5.41, 5.74) is 1.73. The van der Waals surface area contributed by atoms with E-state index in [4.69, 9.17) is 0 Å². The second kappa shape index (κ2) is 7.05. The van der Waals surface area contributed by atoms with Crippen LogP contribution in [0.4, 0.5) is 0 Å². The fourth-order valence-corrected chi connectivity index (χ4v) is 2.96. The number of carbonyl (C=O) groups is 1. The lowest BCUT2D eigenvalue weighted by Gasteiger charge is -2.28. The SMILES string of the molecule is Cc1ccc(CNC(=O)CN(C)CC2(O)CCCC2)cc1.